The molecule has 65 valence electrons. The average molecular weight is 175 g/mol. The summed E-state index contributed by atoms with van der Waals surface area (Å²) in [7, 11) is 1.60. The molecule has 0 saturated carbocycles. The van der Waals surface area contributed by atoms with Crippen LogP contribution < -0.4 is 4.74 Å². The largest absolute Gasteiger partial charge is 0.495 e. The van der Waals surface area contributed by atoms with E-state index in [-0.39, 0.29) is 0 Å². The number of nitrogens with zero attached hydrogens (tertiary/aromatic N) is 2. The lowest BCUT2D eigenvalue weighted by Gasteiger charge is -1.98. The number of aromatic nitrogens is 2. The van der Waals surface area contributed by atoms with Crippen molar-refractivity contribution in [2.75, 3.05) is 7.11 Å². The van der Waals surface area contributed by atoms with Crippen LogP contribution >= 0.6 is 0 Å². The molecule has 4 heteroatoms. The van der Waals surface area contributed by atoms with Crippen LogP contribution in [0.2, 0.25) is 0 Å². The van der Waals surface area contributed by atoms with Crippen molar-refractivity contribution in [3.8, 4) is 17.2 Å². The Balaban J connectivity index is 2.33. The summed E-state index contributed by atoms with van der Waals surface area (Å²) in [6.07, 6.45) is 4.19. The third-order valence-corrected chi connectivity index (χ3v) is 1.62. The fraction of sp³-hybridized carbons (Fsp3) is 0.111. The monoisotopic (exact) mass is 175 g/mol. The summed E-state index contributed by atoms with van der Waals surface area (Å²) in [4.78, 5) is 4.11. The molecular formula is C9H7N2O2. The summed E-state index contributed by atoms with van der Waals surface area (Å²) in [6, 6.07) is 5.24. The Morgan fingerprint density at radius 1 is 1.46 bits per heavy atom. The van der Waals surface area contributed by atoms with Gasteiger partial charge in [-0.2, -0.15) is 0 Å². The van der Waals surface area contributed by atoms with Gasteiger partial charge in [0.25, 0.3) is 0 Å². The van der Waals surface area contributed by atoms with Crippen molar-refractivity contribution < 1.29 is 9.26 Å². The molecule has 2 aromatic heterocycles. The molecule has 4 nitrogen and oxygen atoms in total. The van der Waals surface area contributed by atoms with E-state index < -0.39 is 0 Å². The molecule has 0 fully saturated rings. The summed E-state index contributed by atoms with van der Waals surface area (Å²) >= 11 is 0. The van der Waals surface area contributed by atoms with Crippen LogP contribution in [0, 0.1) is 6.20 Å². The Labute approximate surface area is 75.2 Å². The van der Waals surface area contributed by atoms with Crippen molar-refractivity contribution in [1.29, 1.82) is 0 Å². The molecule has 0 atom stereocenters. The zero-order chi connectivity index (χ0) is 9.10. The van der Waals surface area contributed by atoms with Gasteiger partial charge in [-0.3, -0.25) is 0 Å². The molecule has 0 bridgehead atoms. The minimum Gasteiger partial charge on any atom is -0.495 e. The van der Waals surface area contributed by atoms with Gasteiger partial charge in [-0.25, -0.2) is 4.98 Å². The van der Waals surface area contributed by atoms with Crippen LogP contribution in [0.5, 0.6) is 5.75 Å². The molecular weight excluding hydrogens is 168 g/mol. The molecule has 0 aliphatic heterocycles. The van der Waals surface area contributed by atoms with Crippen molar-refractivity contribution >= 4 is 0 Å². The van der Waals surface area contributed by atoms with E-state index >= 15 is 0 Å². The summed E-state index contributed by atoms with van der Waals surface area (Å²) < 4.78 is 9.85. The van der Waals surface area contributed by atoms with E-state index in [1.54, 1.807) is 25.4 Å². The molecule has 2 aromatic rings. The highest BCUT2D eigenvalue weighted by Gasteiger charge is 2.02. The predicted molar refractivity (Wildman–Crippen MR) is 45.1 cm³/mol. The molecule has 0 aliphatic carbocycles. The Kier molecular flexibility index (Phi) is 1.96. The third kappa shape index (κ3) is 1.51. The standard InChI is InChI=1S/C9H7N2O2/c1-12-7-2-3-8(10-6-7)9-4-5-11-13-9/h2-4,6H,1H3. The number of hydrogen-bond donors (Lipinski definition) is 0. The molecule has 0 aromatic carbocycles. The van der Waals surface area contributed by atoms with Gasteiger partial charge in [0.05, 0.1) is 13.3 Å². The number of rotatable bonds is 2. The van der Waals surface area contributed by atoms with Crippen molar-refractivity contribution in [3.63, 3.8) is 0 Å². The second-order valence-electron chi connectivity index (χ2n) is 2.40. The molecule has 0 spiro atoms. The lowest BCUT2D eigenvalue weighted by molar-refractivity contribution is 0.412. The lowest BCUT2D eigenvalue weighted by Crippen LogP contribution is -1.85. The molecule has 0 unspecified atom stereocenters. The van der Waals surface area contributed by atoms with Crippen molar-refractivity contribution in [2.24, 2.45) is 0 Å². The fourth-order valence-corrected chi connectivity index (χ4v) is 0.954. The SMILES string of the molecule is COc1ccc(-c2c[c]no2)nc1. The van der Waals surface area contributed by atoms with E-state index in [0.717, 1.165) is 5.69 Å². The van der Waals surface area contributed by atoms with Crippen LogP contribution in [-0.2, 0) is 0 Å². The number of pyridine rings is 1. The van der Waals surface area contributed by atoms with Crippen LogP contribution in [0.4, 0.5) is 0 Å². The summed E-state index contributed by atoms with van der Waals surface area (Å²) in [5.74, 6) is 1.31. The maximum Gasteiger partial charge on any atom is 0.185 e. The van der Waals surface area contributed by atoms with E-state index in [9.17, 15) is 0 Å². The number of hydrogen-bond acceptors (Lipinski definition) is 4. The second kappa shape index (κ2) is 3.26. The van der Waals surface area contributed by atoms with Crippen molar-refractivity contribution in [2.45, 2.75) is 0 Å². The molecule has 0 aliphatic rings. The van der Waals surface area contributed by atoms with Gasteiger partial charge in [-0.15, -0.1) is 0 Å². The highest BCUT2D eigenvalue weighted by molar-refractivity contribution is 5.51. The third-order valence-electron chi connectivity index (χ3n) is 1.62. The van der Waals surface area contributed by atoms with Crippen LogP contribution in [0.3, 0.4) is 0 Å². The maximum absolute atomic E-state index is 4.97. The molecule has 0 N–H and O–H groups in total. The van der Waals surface area contributed by atoms with E-state index in [2.05, 4.69) is 16.3 Å². The predicted octanol–water partition coefficient (Wildman–Crippen LogP) is 1.55. The van der Waals surface area contributed by atoms with Crippen LogP contribution in [0.15, 0.2) is 28.9 Å². The van der Waals surface area contributed by atoms with Crippen molar-refractivity contribution in [3.05, 3.63) is 30.6 Å². The van der Waals surface area contributed by atoms with Crippen molar-refractivity contribution in [1.82, 2.24) is 10.1 Å². The normalized spacial score (nSPS) is 9.92. The summed E-state index contributed by atoms with van der Waals surface area (Å²) in [5.41, 5.74) is 0.717. The molecule has 2 heterocycles. The summed E-state index contributed by atoms with van der Waals surface area (Å²) in [6.45, 7) is 0. The smallest absolute Gasteiger partial charge is 0.185 e. The van der Waals surface area contributed by atoms with Gasteiger partial charge in [0.1, 0.15) is 17.6 Å². The van der Waals surface area contributed by atoms with Gasteiger partial charge >= 0.3 is 0 Å². The van der Waals surface area contributed by atoms with Gasteiger partial charge in [0, 0.05) is 6.07 Å². The lowest BCUT2D eigenvalue weighted by atomic mass is 10.3. The maximum atomic E-state index is 4.97. The fourth-order valence-electron chi connectivity index (χ4n) is 0.954. The van der Waals surface area contributed by atoms with E-state index in [1.165, 1.54) is 0 Å². The Morgan fingerprint density at radius 2 is 2.38 bits per heavy atom. The number of methoxy groups -OCH3 is 1. The quantitative estimate of drug-likeness (QED) is 0.694. The first-order valence-electron chi connectivity index (χ1n) is 3.73. The van der Waals surface area contributed by atoms with E-state index in [0.29, 0.717) is 11.5 Å². The molecule has 2 rings (SSSR count). The van der Waals surface area contributed by atoms with Crippen LogP contribution in [0.25, 0.3) is 11.5 Å². The zero-order valence-corrected chi connectivity index (χ0v) is 7.02. The number of ether oxygens (including phenoxy) is 1. The van der Waals surface area contributed by atoms with Gasteiger partial charge < -0.3 is 9.26 Å². The topological polar surface area (TPSA) is 48.2 Å². The minimum atomic E-state index is 0.600. The highest BCUT2D eigenvalue weighted by Crippen LogP contribution is 2.17. The Hall–Kier alpha value is -1.84. The van der Waals surface area contributed by atoms with E-state index in [4.69, 9.17) is 9.26 Å². The first-order valence-corrected chi connectivity index (χ1v) is 3.73. The first-order chi connectivity index (χ1) is 6.40. The van der Waals surface area contributed by atoms with E-state index in [1.807, 2.05) is 6.07 Å². The summed E-state index contributed by atoms with van der Waals surface area (Å²) in [5, 5.41) is 3.47. The molecule has 13 heavy (non-hydrogen) atoms. The zero-order valence-electron chi connectivity index (χ0n) is 7.02. The van der Waals surface area contributed by atoms with Gasteiger partial charge in [-0.1, -0.05) is 5.16 Å². The van der Waals surface area contributed by atoms with Crippen LogP contribution in [0.1, 0.15) is 0 Å². The molecule has 0 amide bonds. The first kappa shape index (κ1) is 7.79. The highest BCUT2D eigenvalue weighted by atomic mass is 16.5. The Bertz CT molecular complexity index is 367. The molecule has 0 saturated heterocycles. The second-order valence-corrected chi connectivity index (χ2v) is 2.40. The average Bonchev–Trinajstić information content (AvgIpc) is 2.71. The van der Waals surface area contributed by atoms with Gasteiger partial charge in [-0.05, 0) is 12.1 Å². The minimum absolute atomic E-state index is 0.600. The van der Waals surface area contributed by atoms with Gasteiger partial charge in [0.15, 0.2) is 5.76 Å². The molecule has 1 radical (unpaired) electrons. The van der Waals surface area contributed by atoms with Gasteiger partial charge in [0.2, 0.25) is 0 Å². The van der Waals surface area contributed by atoms with Crippen LogP contribution in [-0.4, -0.2) is 17.3 Å². The Morgan fingerprint density at radius 3 is 2.92 bits per heavy atom.